The summed E-state index contributed by atoms with van der Waals surface area (Å²) in [5.74, 6) is -0.898. The molecule has 0 aliphatic heterocycles. The van der Waals surface area contributed by atoms with Crippen molar-refractivity contribution in [1.82, 2.24) is 4.98 Å². The number of amides is 1. The van der Waals surface area contributed by atoms with Crippen LogP contribution in [-0.4, -0.2) is 16.9 Å². The molecule has 1 amide bonds. The molecule has 0 saturated carbocycles. The smallest absolute Gasteiger partial charge is 0.302 e. The van der Waals surface area contributed by atoms with Gasteiger partial charge >= 0.3 is 5.91 Å². The third kappa shape index (κ3) is 2.86. The number of carbonyl (C=O) groups is 1. The number of nitrogens with two attached hydrogens (primary N) is 2. The van der Waals surface area contributed by atoms with E-state index in [-0.39, 0.29) is 22.6 Å². The Labute approximate surface area is 118 Å². The Morgan fingerprint density at radius 1 is 1.32 bits per heavy atom. The molecule has 1 heterocycles. The number of hydrogen-bond acceptors (Lipinski definition) is 3. The average Bonchev–Trinajstić information content (AvgIpc) is 2.81. The van der Waals surface area contributed by atoms with Crippen LogP contribution >= 0.6 is 23.2 Å². The van der Waals surface area contributed by atoms with E-state index < -0.39 is 5.91 Å². The van der Waals surface area contributed by atoms with Crippen molar-refractivity contribution in [2.24, 2.45) is 16.5 Å². The van der Waals surface area contributed by atoms with E-state index in [0.29, 0.717) is 10.6 Å². The third-order valence-corrected chi connectivity index (χ3v) is 2.95. The van der Waals surface area contributed by atoms with Gasteiger partial charge < -0.3 is 15.9 Å². The highest BCUT2D eigenvalue weighted by Gasteiger charge is 2.16. The Kier molecular flexibility index (Phi) is 3.73. The van der Waals surface area contributed by atoms with E-state index in [2.05, 4.69) is 9.98 Å². The SMILES string of the molecule is NC(N)=NC(=O)c1coc(-c2cccc(Cl)c2Cl)n1. The van der Waals surface area contributed by atoms with Crippen molar-refractivity contribution >= 4 is 35.1 Å². The summed E-state index contributed by atoms with van der Waals surface area (Å²) in [5, 5.41) is 0.640. The van der Waals surface area contributed by atoms with Crippen LogP contribution in [0.2, 0.25) is 10.0 Å². The monoisotopic (exact) mass is 298 g/mol. The Morgan fingerprint density at radius 2 is 2.05 bits per heavy atom. The lowest BCUT2D eigenvalue weighted by Crippen LogP contribution is -2.24. The summed E-state index contributed by atoms with van der Waals surface area (Å²) in [5.41, 5.74) is 10.6. The lowest BCUT2D eigenvalue weighted by atomic mass is 10.2. The van der Waals surface area contributed by atoms with Gasteiger partial charge in [0.05, 0.1) is 15.6 Å². The summed E-state index contributed by atoms with van der Waals surface area (Å²) in [6, 6.07) is 4.97. The van der Waals surface area contributed by atoms with E-state index in [1.807, 2.05) is 0 Å². The van der Waals surface area contributed by atoms with Gasteiger partial charge in [-0.05, 0) is 12.1 Å². The lowest BCUT2D eigenvalue weighted by molar-refractivity contribution is 0.0998. The summed E-state index contributed by atoms with van der Waals surface area (Å²) in [4.78, 5) is 18.8. The zero-order valence-electron chi connectivity index (χ0n) is 9.43. The Morgan fingerprint density at radius 3 is 2.74 bits per heavy atom. The summed E-state index contributed by atoms with van der Waals surface area (Å²) < 4.78 is 5.16. The van der Waals surface area contributed by atoms with Gasteiger partial charge in [0.15, 0.2) is 11.7 Å². The molecular weight excluding hydrogens is 291 g/mol. The number of oxazole rings is 1. The predicted molar refractivity (Wildman–Crippen MR) is 72.1 cm³/mol. The second-order valence-corrected chi connectivity index (χ2v) is 4.27. The molecule has 0 atom stereocenters. The van der Waals surface area contributed by atoms with Gasteiger partial charge in [-0.1, -0.05) is 29.3 Å². The van der Waals surface area contributed by atoms with Crippen molar-refractivity contribution in [1.29, 1.82) is 0 Å². The molecule has 6 nitrogen and oxygen atoms in total. The number of aromatic nitrogens is 1. The van der Waals surface area contributed by atoms with E-state index in [9.17, 15) is 4.79 Å². The van der Waals surface area contributed by atoms with E-state index in [1.54, 1.807) is 18.2 Å². The van der Waals surface area contributed by atoms with Crippen LogP contribution in [0.1, 0.15) is 10.5 Å². The maximum absolute atomic E-state index is 11.5. The first-order chi connectivity index (χ1) is 8.99. The second-order valence-electron chi connectivity index (χ2n) is 3.48. The highest BCUT2D eigenvalue weighted by atomic mass is 35.5. The number of nitrogens with zero attached hydrogens (tertiary/aromatic N) is 2. The van der Waals surface area contributed by atoms with Crippen LogP contribution in [0, 0.1) is 0 Å². The van der Waals surface area contributed by atoms with Gasteiger partial charge in [-0.25, -0.2) is 4.98 Å². The number of guanidine groups is 1. The van der Waals surface area contributed by atoms with E-state index in [1.165, 1.54) is 0 Å². The fraction of sp³-hybridized carbons (Fsp3) is 0. The van der Waals surface area contributed by atoms with Crippen molar-refractivity contribution in [2.75, 3.05) is 0 Å². The number of halogens is 2. The summed E-state index contributed by atoms with van der Waals surface area (Å²) in [7, 11) is 0. The highest BCUT2D eigenvalue weighted by molar-refractivity contribution is 6.43. The molecule has 0 unspecified atom stereocenters. The minimum Gasteiger partial charge on any atom is -0.444 e. The number of rotatable bonds is 2. The van der Waals surface area contributed by atoms with E-state index in [0.717, 1.165) is 6.26 Å². The summed E-state index contributed by atoms with van der Waals surface area (Å²) in [6.07, 6.45) is 1.14. The van der Waals surface area contributed by atoms with E-state index in [4.69, 9.17) is 39.1 Å². The molecule has 0 radical (unpaired) electrons. The number of carbonyl (C=O) groups excluding carboxylic acids is 1. The molecule has 0 spiro atoms. The first-order valence-electron chi connectivity index (χ1n) is 5.03. The van der Waals surface area contributed by atoms with E-state index >= 15 is 0 Å². The lowest BCUT2D eigenvalue weighted by Gasteiger charge is -2.00. The first kappa shape index (κ1) is 13.4. The molecule has 4 N–H and O–H groups in total. The Hall–Kier alpha value is -2.05. The Balaban J connectivity index is 2.39. The molecule has 1 aromatic carbocycles. The van der Waals surface area contributed by atoms with Gasteiger partial charge in [0.1, 0.15) is 6.26 Å². The zero-order valence-corrected chi connectivity index (χ0v) is 10.9. The molecule has 98 valence electrons. The second kappa shape index (κ2) is 5.29. The van der Waals surface area contributed by atoms with Crippen LogP contribution in [0.3, 0.4) is 0 Å². The molecule has 2 rings (SSSR count). The van der Waals surface area contributed by atoms with Gasteiger partial charge in [-0.2, -0.15) is 4.99 Å². The van der Waals surface area contributed by atoms with Gasteiger partial charge in [0, 0.05) is 0 Å². The van der Waals surface area contributed by atoms with Crippen molar-refractivity contribution < 1.29 is 9.21 Å². The zero-order chi connectivity index (χ0) is 14.0. The molecule has 19 heavy (non-hydrogen) atoms. The first-order valence-corrected chi connectivity index (χ1v) is 5.78. The topological polar surface area (TPSA) is 108 Å². The van der Waals surface area contributed by atoms with Crippen LogP contribution in [0.25, 0.3) is 11.5 Å². The van der Waals surface area contributed by atoms with Gasteiger partial charge in [0.25, 0.3) is 0 Å². The number of aliphatic imine (C=N–C) groups is 1. The normalized spacial score (nSPS) is 10.2. The highest BCUT2D eigenvalue weighted by Crippen LogP contribution is 2.32. The molecule has 1 aromatic heterocycles. The van der Waals surface area contributed by atoms with Crippen LogP contribution in [0.4, 0.5) is 0 Å². The molecule has 8 heteroatoms. The third-order valence-electron chi connectivity index (χ3n) is 2.14. The van der Waals surface area contributed by atoms with Crippen molar-refractivity contribution in [3.63, 3.8) is 0 Å². The largest absolute Gasteiger partial charge is 0.444 e. The van der Waals surface area contributed by atoms with Crippen LogP contribution in [0.15, 0.2) is 33.9 Å². The van der Waals surface area contributed by atoms with Crippen LogP contribution < -0.4 is 11.5 Å². The number of benzene rings is 1. The van der Waals surface area contributed by atoms with Gasteiger partial charge in [0.2, 0.25) is 5.89 Å². The predicted octanol–water partition coefficient (Wildman–Crippen LogP) is 2.06. The van der Waals surface area contributed by atoms with Crippen molar-refractivity contribution in [3.05, 3.63) is 40.2 Å². The average molecular weight is 299 g/mol. The molecule has 0 saturated heterocycles. The molecule has 0 aliphatic rings. The fourth-order valence-electron chi connectivity index (χ4n) is 1.34. The molecule has 0 fully saturated rings. The van der Waals surface area contributed by atoms with Gasteiger partial charge in [-0.15, -0.1) is 0 Å². The molecule has 2 aromatic rings. The molecule has 0 aliphatic carbocycles. The van der Waals surface area contributed by atoms with Crippen LogP contribution in [-0.2, 0) is 0 Å². The van der Waals surface area contributed by atoms with Crippen molar-refractivity contribution in [3.8, 4) is 11.5 Å². The minimum absolute atomic E-state index is 0.0283. The summed E-state index contributed by atoms with van der Waals surface area (Å²) in [6.45, 7) is 0. The maximum atomic E-state index is 11.5. The maximum Gasteiger partial charge on any atom is 0.302 e. The molecular formula is C11H8Cl2N4O2. The molecule has 0 bridgehead atoms. The number of hydrogen-bond donors (Lipinski definition) is 2. The fourth-order valence-corrected chi connectivity index (χ4v) is 1.72. The quantitative estimate of drug-likeness (QED) is 0.652. The Bertz CT molecular complexity index is 662. The summed E-state index contributed by atoms with van der Waals surface area (Å²) >= 11 is 11.9. The van der Waals surface area contributed by atoms with Gasteiger partial charge in [-0.3, -0.25) is 4.79 Å². The minimum atomic E-state index is -0.701. The standard InChI is InChI=1S/C11H8Cl2N4O2/c12-6-3-1-2-5(8(6)13)10-16-7(4-19-10)9(18)17-11(14)15/h1-4H,(H4,14,15,17,18). The van der Waals surface area contributed by atoms with Crippen LogP contribution in [0.5, 0.6) is 0 Å². The van der Waals surface area contributed by atoms with Crippen molar-refractivity contribution in [2.45, 2.75) is 0 Å².